The Hall–Kier alpha value is -3.54. The number of anilines is 1. The summed E-state index contributed by atoms with van der Waals surface area (Å²) in [6, 6.07) is 10.8. The van der Waals surface area contributed by atoms with Crippen molar-refractivity contribution in [3.8, 4) is 12.1 Å². The molecule has 4 rings (SSSR count). The molecule has 0 radical (unpaired) electrons. The average Bonchev–Trinajstić information content (AvgIpc) is 3.77. The molecule has 3 heterocycles. The lowest BCUT2D eigenvalue weighted by atomic mass is 9.92. The van der Waals surface area contributed by atoms with Gasteiger partial charge in [-0.15, -0.1) is 0 Å². The molecule has 0 spiro atoms. The van der Waals surface area contributed by atoms with E-state index in [9.17, 15) is 34.6 Å². The number of benzene rings is 1. The van der Waals surface area contributed by atoms with E-state index in [4.69, 9.17) is 29.0 Å². The van der Waals surface area contributed by atoms with Gasteiger partial charge in [0.15, 0.2) is 5.82 Å². The van der Waals surface area contributed by atoms with Crippen LogP contribution in [0.4, 0.5) is 10.2 Å². The number of rotatable bonds is 29. The van der Waals surface area contributed by atoms with E-state index < -0.39 is 56.9 Å². The SMILES string of the molecule is CCCCCCCCCCCCCCCCCCOC[C@H](COP(=O)(O)OC[C@H]1O[C@@](C#N)(c2ccc3c(N)ncnn23)[C@H](O)[C@@H]1O)OCc1c(F)cccc1C#N. The molecule has 1 aromatic carbocycles. The second kappa shape index (κ2) is 24.5. The van der Waals surface area contributed by atoms with Crippen LogP contribution in [0.3, 0.4) is 0 Å². The van der Waals surface area contributed by atoms with Crippen molar-refractivity contribution in [1.82, 2.24) is 14.6 Å². The van der Waals surface area contributed by atoms with Gasteiger partial charge in [0, 0.05) is 12.2 Å². The summed E-state index contributed by atoms with van der Waals surface area (Å²) in [6.07, 6.45) is 15.2. The second-order valence-electron chi connectivity index (χ2n) is 14.8. The number of hydrogen-bond donors (Lipinski definition) is 4. The van der Waals surface area contributed by atoms with E-state index in [2.05, 4.69) is 17.0 Å². The zero-order chi connectivity index (χ0) is 41.8. The minimum atomic E-state index is -4.86. The molecule has 1 aliphatic heterocycles. The highest BCUT2D eigenvalue weighted by atomic mass is 31.2. The third kappa shape index (κ3) is 13.8. The van der Waals surface area contributed by atoms with Gasteiger partial charge in [-0.25, -0.2) is 18.5 Å². The first kappa shape index (κ1) is 47.1. The monoisotopic (exact) mass is 830 g/mol. The molecule has 320 valence electrons. The number of fused-ring (bicyclic) bond motifs is 1. The lowest BCUT2D eigenvalue weighted by molar-refractivity contribution is -0.0691. The molecule has 0 aliphatic carbocycles. The van der Waals surface area contributed by atoms with Crippen molar-refractivity contribution >= 4 is 19.2 Å². The highest BCUT2D eigenvalue weighted by molar-refractivity contribution is 7.47. The molecule has 1 aliphatic rings. The molecule has 0 bridgehead atoms. The summed E-state index contributed by atoms with van der Waals surface area (Å²) in [6.45, 7) is 0.999. The third-order valence-electron chi connectivity index (χ3n) is 10.5. The van der Waals surface area contributed by atoms with Crippen molar-refractivity contribution < 1.29 is 47.3 Å². The van der Waals surface area contributed by atoms with Gasteiger partial charge >= 0.3 is 7.82 Å². The molecule has 5 N–H and O–H groups in total. The van der Waals surface area contributed by atoms with Crippen molar-refractivity contribution in [2.24, 2.45) is 0 Å². The summed E-state index contributed by atoms with van der Waals surface area (Å²) in [5.74, 6) is -0.535. The lowest BCUT2D eigenvalue weighted by Gasteiger charge is -2.24. The number of halogens is 1. The molecule has 1 saturated heterocycles. The van der Waals surface area contributed by atoms with Crippen molar-refractivity contribution in [1.29, 1.82) is 10.5 Å². The Morgan fingerprint density at radius 1 is 0.948 bits per heavy atom. The molecule has 2 aromatic heterocycles. The van der Waals surface area contributed by atoms with Gasteiger partial charge in [-0.3, -0.25) is 9.05 Å². The van der Waals surface area contributed by atoms with Gasteiger partial charge in [0.05, 0.1) is 43.8 Å². The van der Waals surface area contributed by atoms with E-state index in [1.165, 1.54) is 118 Å². The van der Waals surface area contributed by atoms with Crippen LogP contribution in [-0.2, 0) is 40.0 Å². The van der Waals surface area contributed by atoms with Crippen LogP contribution in [0.2, 0.25) is 0 Å². The Balaban J connectivity index is 1.21. The van der Waals surface area contributed by atoms with Crippen molar-refractivity contribution in [3.05, 3.63) is 59.3 Å². The van der Waals surface area contributed by atoms with E-state index in [0.717, 1.165) is 25.6 Å². The molecule has 1 unspecified atom stereocenters. The van der Waals surface area contributed by atoms with Crippen LogP contribution < -0.4 is 5.73 Å². The zero-order valence-corrected chi connectivity index (χ0v) is 34.4. The Morgan fingerprint density at radius 2 is 1.59 bits per heavy atom. The number of nitrogens with zero attached hydrogens (tertiary/aromatic N) is 5. The van der Waals surface area contributed by atoms with Gasteiger partial charge in [0.2, 0.25) is 5.60 Å². The second-order valence-corrected chi connectivity index (χ2v) is 16.3. The maximum atomic E-state index is 14.6. The zero-order valence-electron chi connectivity index (χ0n) is 33.6. The Morgan fingerprint density at radius 3 is 2.21 bits per heavy atom. The van der Waals surface area contributed by atoms with E-state index in [1.54, 1.807) is 0 Å². The number of phosphoric ester groups is 1. The average molecular weight is 831 g/mol. The standard InChI is InChI=1S/C41H60FN6O9P/c1-2-3-4-5-6-7-8-9-10-11-12-13-14-15-16-17-23-53-25-32(54-27-33-31(24-43)19-18-20-34(33)42)26-55-58(51,52)56-28-36-38(49)39(50)41(29-44,57-36)37-22-21-35-40(45)46-30-47-48(35)37/h18-22,30,32,36,38-39,49-50H,2-17,23,25-28H2,1H3,(H,51,52)(H2,45,46,47)/t32-,36-,38-,39-,41+/m1/s1. The first-order chi connectivity index (χ1) is 28.1. The summed E-state index contributed by atoms with van der Waals surface area (Å²) in [5, 5.41) is 45.4. The quantitative estimate of drug-likeness (QED) is 0.0402. The Bertz CT molecular complexity index is 1820. The summed E-state index contributed by atoms with van der Waals surface area (Å²) < 4.78 is 56.7. The van der Waals surface area contributed by atoms with E-state index in [0.29, 0.717) is 12.1 Å². The van der Waals surface area contributed by atoms with Crippen LogP contribution in [0.1, 0.15) is 126 Å². The smallest absolute Gasteiger partial charge is 0.387 e. The molecule has 17 heteroatoms. The number of phosphoric acid groups is 1. The molecule has 3 aromatic rings. The minimum absolute atomic E-state index is 0.0213. The largest absolute Gasteiger partial charge is 0.472 e. The van der Waals surface area contributed by atoms with Crippen LogP contribution >= 0.6 is 7.82 Å². The van der Waals surface area contributed by atoms with Gasteiger partial charge in [-0.05, 0) is 30.7 Å². The highest BCUT2D eigenvalue weighted by Crippen LogP contribution is 2.46. The Kier molecular flexibility index (Phi) is 19.9. The van der Waals surface area contributed by atoms with E-state index in [1.807, 2.05) is 12.1 Å². The first-order valence-corrected chi connectivity index (χ1v) is 22.1. The predicted molar refractivity (Wildman–Crippen MR) is 213 cm³/mol. The van der Waals surface area contributed by atoms with Crippen molar-refractivity contribution in [3.63, 3.8) is 0 Å². The van der Waals surface area contributed by atoms with Gasteiger partial charge in [-0.1, -0.05) is 109 Å². The van der Waals surface area contributed by atoms with E-state index >= 15 is 0 Å². The molecule has 0 saturated carbocycles. The fourth-order valence-corrected chi connectivity index (χ4v) is 7.82. The molecule has 0 amide bonds. The number of nitriles is 2. The highest BCUT2D eigenvalue weighted by Gasteiger charge is 2.58. The van der Waals surface area contributed by atoms with Crippen molar-refractivity contribution in [2.75, 3.05) is 32.2 Å². The number of ether oxygens (including phenoxy) is 3. The maximum Gasteiger partial charge on any atom is 0.472 e. The first-order valence-electron chi connectivity index (χ1n) is 20.6. The van der Waals surface area contributed by atoms with Crippen LogP contribution in [0.25, 0.3) is 5.52 Å². The molecule has 1 fully saturated rings. The minimum Gasteiger partial charge on any atom is -0.387 e. The molecular weight excluding hydrogens is 770 g/mol. The lowest BCUT2D eigenvalue weighted by Crippen LogP contribution is -2.41. The fourth-order valence-electron chi connectivity index (χ4n) is 7.06. The number of aromatic nitrogens is 3. The number of aliphatic hydroxyl groups is 2. The van der Waals surface area contributed by atoms with Gasteiger partial charge in [0.1, 0.15) is 48.1 Å². The summed E-state index contributed by atoms with van der Waals surface area (Å²) in [4.78, 5) is 14.5. The van der Waals surface area contributed by atoms with Crippen molar-refractivity contribution in [2.45, 2.75) is 146 Å². The van der Waals surface area contributed by atoms with Crippen LogP contribution in [-0.4, -0.2) is 80.5 Å². The van der Waals surface area contributed by atoms with Crippen LogP contribution in [0.5, 0.6) is 0 Å². The summed E-state index contributed by atoms with van der Waals surface area (Å²) in [7, 11) is -4.86. The molecule has 15 nitrogen and oxygen atoms in total. The van der Waals surface area contributed by atoms with E-state index in [-0.39, 0.29) is 35.9 Å². The van der Waals surface area contributed by atoms with Crippen LogP contribution in [0, 0.1) is 28.5 Å². The number of unbranched alkanes of at least 4 members (excludes halogenated alkanes) is 15. The van der Waals surface area contributed by atoms with Gasteiger partial charge < -0.3 is 35.1 Å². The molecular formula is C41H60FN6O9P. The predicted octanol–water partition coefficient (Wildman–Crippen LogP) is 7.16. The Labute approximate surface area is 340 Å². The summed E-state index contributed by atoms with van der Waals surface area (Å²) in [5.41, 5.74) is 4.24. The third-order valence-corrected chi connectivity index (χ3v) is 11.4. The topological polar surface area (TPSA) is 228 Å². The molecule has 6 atom stereocenters. The van der Waals surface area contributed by atoms with Gasteiger partial charge in [0.25, 0.3) is 0 Å². The van der Waals surface area contributed by atoms with Gasteiger partial charge in [-0.2, -0.15) is 15.6 Å². The number of aliphatic hydroxyl groups excluding tert-OH is 2. The number of nitrogen functional groups attached to an aromatic ring is 1. The maximum absolute atomic E-state index is 14.6. The molecule has 58 heavy (non-hydrogen) atoms. The fraction of sp³-hybridized carbons (Fsp3) is 0.659. The summed E-state index contributed by atoms with van der Waals surface area (Å²) >= 11 is 0. The van der Waals surface area contributed by atoms with Crippen LogP contribution in [0.15, 0.2) is 36.7 Å². The normalized spacial score (nSPS) is 20.8. The number of hydrogen-bond acceptors (Lipinski definition) is 13. The number of nitrogens with two attached hydrogens (primary N) is 1.